The van der Waals surface area contributed by atoms with Gasteiger partial charge < -0.3 is 15.4 Å². The van der Waals surface area contributed by atoms with Crippen molar-refractivity contribution in [3.8, 4) is 0 Å². The van der Waals surface area contributed by atoms with Gasteiger partial charge in [-0.05, 0) is 54.2 Å². The van der Waals surface area contributed by atoms with Gasteiger partial charge in [-0.3, -0.25) is 14.3 Å². The smallest absolute Gasteiger partial charge is 0.306 e. The van der Waals surface area contributed by atoms with Crippen LogP contribution in [-0.2, 0) is 30.8 Å². The topological polar surface area (TPSA) is 114 Å². The van der Waals surface area contributed by atoms with Crippen molar-refractivity contribution in [2.45, 2.75) is 24.2 Å². The predicted octanol–water partition coefficient (Wildman–Crippen LogP) is 3.87. The Kier molecular flexibility index (Phi) is 9.33. The van der Waals surface area contributed by atoms with Gasteiger partial charge in [0, 0.05) is 24.2 Å². The second-order valence-electron chi connectivity index (χ2n) is 7.45. The standard InChI is InChI=1S/C25H25N3O5S2/c29-23(15-16-24(30)33-18-17-19-7-3-1-4-8-19)27-25(34)26-20-11-13-22(14-12-20)35(31,32)28-21-9-5-2-6-10-21/h1-14,28H,15-18H2,(H2,26,27,29,34). The van der Waals surface area contributed by atoms with Crippen molar-refractivity contribution in [3.05, 3.63) is 90.5 Å². The number of thiocarbonyl (C=S) groups is 1. The van der Waals surface area contributed by atoms with Crippen molar-refractivity contribution in [3.63, 3.8) is 0 Å². The maximum absolute atomic E-state index is 12.5. The van der Waals surface area contributed by atoms with Crippen molar-refractivity contribution in [1.29, 1.82) is 0 Å². The molecule has 8 nitrogen and oxygen atoms in total. The SMILES string of the molecule is O=C(CCC(=O)OCCc1ccccc1)NC(=S)Nc1ccc(S(=O)(=O)Nc2ccccc2)cc1. The Bertz CT molecular complexity index is 1250. The Morgan fingerprint density at radius 3 is 2.09 bits per heavy atom. The number of sulfonamides is 1. The van der Waals surface area contributed by atoms with Crippen molar-refractivity contribution in [2.24, 2.45) is 0 Å². The van der Waals surface area contributed by atoms with Crippen LogP contribution < -0.4 is 15.4 Å². The molecule has 182 valence electrons. The summed E-state index contributed by atoms with van der Waals surface area (Å²) in [6.07, 6.45) is 0.466. The zero-order valence-corrected chi connectivity index (χ0v) is 20.4. The Balaban J connectivity index is 1.39. The van der Waals surface area contributed by atoms with Crippen LogP contribution in [0, 0.1) is 0 Å². The molecule has 0 spiro atoms. The number of carbonyl (C=O) groups is 2. The molecule has 1 amide bonds. The van der Waals surface area contributed by atoms with Crippen LogP contribution in [-0.4, -0.2) is 32.0 Å². The van der Waals surface area contributed by atoms with E-state index in [4.69, 9.17) is 17.0 Å². The highest BCUT2D eigenvalue weighted by Crippen LogP contribution is 2.18. The van der Waals surface area contributed by atoms with Gasteiger partial charge in [-0.1, -0.05) is 48.5 Å². The third kappa shape index (κ3) is 8.84. The molecule has 0 radical (unpaired) electrons. The monoisotopic (exact) mass is 511 g/mol. The van der Waals surface area contributed by atoms with Gasteiger partial charge in [-0.15, -0.1) is 0 Å². The number of rotatable bonds is 10. The lowest BCUT2D eigenvalue weighted by atomic mass is 10.2. The quantitative estimate of drug-likeness (QED) is 0.280. The molecule has 3 aromatic carbocycles. The summed E-state index contributed by atoms with van der Waals surface area (Å²) in [6.45, 7) is 0.247. The minimum absolute atomic E-state index is 0.0328. The number of hydrogen-bond acceptors (Lipinski definition) is 6. The summed E-state index contributed by atoms with van der Waals surface area (Å²) in [5.74, 6) is -0.898. The summed E-state index contributed by atoms with van der Waals surface area (Å²) < 4.78 is 32.6. The van der Waals surface area contributed by atoms with Crippen molar-refractivity contribution < 1.29 is 22.7 Å². The number of anilines is 2. The van der Waals surface area contributed by atoms with Crippen LogP contribution in [0.1, 0.15) is 18.4 Å². The summed E-state index contributed by atoms with van der Waals surface area (Å²) in [7, 11) is -3.74. The van der Waals surface area contributed by atoms with E-state index in [0.717, 1.165) is 5.56 Å². The Hall–Kier alpha value is -3.76. The minimum atomic E-state index is -3.74. The van der Waals surface area contributed by atoms with Crippen molar-refractivity contribution in [2.75, 3.05) is 16.6 Å². The minimum Gasteiger partial charge on any atom is -0.465 e. The fourth-order valence-corrected chi connectivity index (χ4v) is 4.29. The third-order valence-corrected chi connectivity index (χ3v) is 6.36. The molecule has 0 saturated heterocycles. The number of benzene rings is 3. The molecule has 10 heteroatoms. The van der Waals surface area contributed by atoms with E-state index in [-0.39, 0.29) is 29.5 Å². The van der Waals surface area contributed by atoms with E-state index >= 15 is 0 Å². The van der Waals surface area contributed by atoms with Gasteiger partial charge >= 0.3 is 5.97 Å². The van der Waals surface area contributed by atoms with Crippen molar-refractivity contribution >= 4 is 50.6 Å². The molecule has 0 saturated carbocycles. The zero-order valence-electron chi connectivity index (χ0n) is 18.8. The van der Waals surface area contributed by atoms with E-state index in [1.54, 1.807) is 30.3 Å². The highest BCUT2D eigenvalue weighted by Gasteiger charge is 2.14. The highest BCUT2D eigenvalue weighted by molar-refractivity contribution is 7.92. The van der Waals surface area contributed by atoms with Crippen LogP contribution in [0.5, 0.6) is 0 Å². The Morgan fingerprint density at radius 2 is 1.43 bits per heavy atom. The molecule has 0 aliphatic heterocycles. The number of ether oxygens (including phenoxy) is 1. The molecule has 0 fully saturated rings. The number of esters is 1. The molecular weight excluding hydrogens is 486 g/mol. The normalized spacial score (nSPS) is 10.7. The predicted molar refractivity (Wildman–Crippen MR) is 138 cm³/mol. The largest absolute Gasteiger partial charge is 0.465 e. The summed E-state index contributed by atoms with van der Waals surface area (Å²) in [5.41, 5.74) is 2.01. The van der Waals surface area contributed by atoms with E-state index < -0.39 is 21.9 Å². The fourth-order valence-electron chi connectivity index (χ4n) is 3.00. The maximum atomic E-state index is 12.5. The van der Waals surface area contributed by atoms with Gasteiger partial charge in [0.25, 0.3) is 10.0 Å². The average molecular weight is 512 g/mol. The summed E-state index contributed by atoms with van der Waals surface area (Å²) >= 11 is 5.12. The molecule has 0 unspecified atom stereocenters. The molecular formula is C25H25N3O5S2. The first kappa shape index (κ1) is 25.9. The first-order chi connectivity index (χ1) is 16.8. The molecule has 3 aromatic rings. The molecule has 3 rings (SSSR count). The number of amides is 1. The van der Waals surface area contributed by atoms with E-state index in [0.29, 0.717) is 17.8 Å². The lowest BCUT2D eigenvalue weighted by Crippen LogP contribution is -2.34. The van der Waals surface area contributed by atoms with E-state index in [1.165, 1.54) is 24.3 Å². The Labute approximate surface area is 209 Å². The molecule has 0 aromatic heterocycles. The highest BCUT2D eigenvalue weighted by atomic mass is 32.2. The lowest BCUT2D eigenvalue weighted by Gasteiger charge is -2.11. The first-order valence-electron chi connectivity index (χ1n) is 10.8. The second kappa shape index (κ2) is 12.6. The van der Waals surface area contributed by atoms with Crippen LogP contribution in [0.4, 0.5) is 11.4 Å². The van der Waals surface area contributed by atoms with Crippen LogP contribution in [0.3, 0.4) is 0 Å². The number of nitrogens with one attached hydrogen (secondary N) is 3. The molecule has 0 atom stereocenters. The first-order valence-corrected chi connectivity index (χ1v) is 12.7. The maximum Gasteiger partial charge on any atom is 0.306 e. The molecule has 0 heterocycles. The van der Waals surface area contributed by atoms with Crippen LogP contribution in [0.25, 0.3) is 0 Å². The zero-order chi connectivity index (χ0) is 25.1. The van der Waals surface area contributed by atoms with Gasteiger partial charge in [0.05, 0.1) is 17.9 Å². The van der Waals surface area contributed by atoms with Gasteiger partial charge in [0.2, 0.25) is 5.91 Å². The number of carbonyl (C=O) groups excluding carboxylic acids is 2. The third-order valence-electron chi connectivity index (χ3n) is 4.75. The molecule has 0 aliphatic carbocycles. The molecule has 0 bridgehead atoms. The van der Waals surface area contributed by atoms with Crippen molar-refractivity contribution in [1.82, 2.24) is 5.32 Å². The van der Waals surface area contributed by atoms with Crippen LogP contribution in [0.15, 0.2) is 89.8 Å². The van der Waals surface area contributed by atoms with Gasteiger partial charge in [-0.2, -0.15) is 0 Å². The fraction of sp³-hybridized carbons (Fsp3) is 0.160. The molecule has 3 N–H and O–H groups in total. The molecule has 0 aliphatic rings. The molecule has 35 heavy (non-hydrogen) atoms. The summed E-state index contributed by atoms with van der Waals surface area (Å²) in [4.78, 5) is 24.0. The number of para-hydroxylation sites is 1. The Morgan fingerprint density at radius 1 is 0.800 bits per heavy atom. The van der Waals surface area contributed by atoms with E-state index in [9.17, 15) is 18.0 Å². The average Bonchev–Trinajstić information content (AvgIpc) is 2.84. The van der Waals surface area contributed by atoms with E-state index in [1.807, 2.05) is 30.3 Å². The van der Waals surface area contributed by atoms with Crippen LogP contribution in [0.2, 0.25) is 0 Å². The number of hydrogen-bond donors (Lipinski definition) is 3. The van der Waals surface area contributed by atoms with Gasteiger partial charge in [-0.25, -0.2) is 8.42 Å². The van der Waals surface area contributed by atoms with E-state index in [2.05, 4.69) is 15.4 Å². The van der Waals surface area contributed by atoms with Crippen LogP contribution >= 0.6 is 12.2 Å². The lowest BCUT2D eigenvalue weighted by molar-refractivity contribution is -0.144. The summed E-state index contributed by atoms with van der Waals surface area (Å²) in [5, 5.41) is 5.33. The van der Waals surface area contributed by atoms with Gasteiger partial charge in [0.1, 0.15) is 0 Å². The second-order valence-corrected chi connectivity index (χ2v) is 9.54. The summed E-state index contributed by atoms with van der Waals surface area (Å²) in [6, 6.07) is 24.1. The van der Waals surface area contributed by atoms with Gasteiger partial charge in [0.15, 0.2) is 5.11 Å².